The highest BCUT2D eigenvalue weighted by Crippen LogP contribution is 2.27. The van der Waals surface area contributed by atoms with E-state index in [-0.39, 0.29) is 0 Å². The summed E-state index contributed by atoms with van der Waals surface area (Å²) in [6, 6.07) is 20.2. The maximum atomic E-state index is 11.5. The molecule has 5 rings (SSSR count). The lowest BCUT2D eigenvalue weighted by atomic mass is 10.0. The average molecular weight is 492 g/mol. The van der Waals surface area contributed by atoms with Gasteiger partial charge in [0, 0.05) is 56.7 Å². The Balaban J connectivity index is 1.38. The molecule has 4 aromatic rings. The van der Waals surface area contributed by atoms with Crippen molar-refractivity contribution >= 4 is 34.1 Å². The minimum absolute atomic E-state index is 0.336. The zero-order chi connectivity index (χ0) is 24.4. The summed E-state index contributed by atoms with van der Waals surface area (Å²) in [5.74, 6) is 0.494. The molecular weight excluding hydrogens is 462 g/mol. The second-order valence-electron chi connectivity index (χ2n) is 8.77. The topological polar surface area (TPSA) is 89.2 Å². The standard InChI is InChI=1S/C25H29N7O2S/c1-29-13-15-31(16-14-29)21-9-7-20(8-10-21)27-25-26-17-22-11-12-24(32(22)28-25)23-6-4-3-5-19(23)18-30(2)35(33)34/h3-12,17H,13-16,18H2,1-2H3,(H,27,28)(H,33,34). The Bertz CT molecular complexity index is 1330. The summed E-state index contributed by atoms with van der Waals surface area (Å²) in [6.07, 6.45) is 1.79. The summed E-state index contributed by atoms with van der Waals surface area (Å²) >= 11 is -2.04. The Hall–Kier alpha value is -3.31. The van der Waals surface area contributed by atoms with Crippen LogP contribution in [0.1, 0.15) is 5.56 Å². The maximum Gasteiger partial charge on any atom is 0.245 e. The van der Waals surface area contributed by atoms with Gasteiger partial charge in [-0.3, -0.25) is 4.55 Å². The predicted molar refractivity (Wildman–Crippen MR) is 140 cm³/mol. The highest BCUT2D eigenvalue weighted by atomic mass is 32.2. The predicted octanol–water partition coefficient (Wildman–Crippen LogP) is 3.46. The lowest BCUT2D eigenvalue weighted by molar-refractivity contribution is 0.313. The van der Waals surface area contributed by atoms with Crippen molar-refractivity contribution in [2.24, 2.45) is 0 Å². The number of fused-ring (bicyclic) bond motifs is 1. The van der Waals surface area contributed by atoms with Gasteiger partial charge in [0.1, 0.15) is 0 Å². The van der Waals surface area contributed by atoms with Crippen LogP contribution < -0.4 is 10.2 Å². The SMILES string of the molecule is CN1CCN(c2ccc(Nc3ncc4ccc(-c5ccccc5CN(C)S(=O)O)n4n3)cc2)CC1. The number of likely N-dealkylation sites (N-methyl/N-ethyl adjacent to an activating group) is 1. The molecular formula is C25H29N7O2S. The summed E-state index contributed by atoms with van der Waals surface area (Å²) in [4.78, 5) is 9.23. The largest absolute Gasteiger partial charge is 0.369 e. The second kappa shape index (κ2) is 10.1. The lowest BCUT2D eigenvalue weighted by Gasteiger charge is -2.34. The van der Waals surface area contributed by atoms with Gasteiger partial charge in [-0.05, 0) is 49.0 Å². The highest BCUT2D eigenvalue weighted by molar-refractivity contribution is 7.76. The third-order valence-corrected chi connectivity index (χ3v) is 7.01. The summed E-state index contributed by atoms with van der Waals surface area (Å²) in [5, 5.41) is 8.05. The number of hydrogen-bond donors (Lipinski definition) is 2. The molecule has 0 aliphatic carbocycles. The summed E-state index contributed by atoms with van der Waals surface area (Å²) in [7, 11) is 3.77. The van der Waals surface area contributed by atoms with E-state index in [1.54, 1.807) is 13.2 Å². The normalized spacial score (nSPS) is 15.6. The smallest absolute Gasteiger partial charge is 0.245 e. The number of aromatic nitrogens is 3. The zero-order valence-electron chi connectivity index (χ0n) is 19.8. The van der Waals surface area contributed by atoms with Crippen LogP contribution in [0.3, 0.4) is 0 Å². The van der Waals surface area contributed by atoms with Crippen LogP contribution in [0.15, 0.2) is 66.9 Å². The van der Waals surface area contributed by atoms with Gasteiger partial charge in [0.2, 0.25) is 17.2 Å². The highest BCUT2D eigenvalue weighted by Gasteiger charge is 2.16. The molecule has 35 heavy (non-hydrogen) atoms. The van der Waals surface area contributed by atoms with E-state index in [0.717, 1.165) is 54.2 Å². The molecule has 9 nitrogen and oxygen atoms in total. The number of piperazine rings is 1. The van der Waals surface area contributed by atoms with E-state index < -0.39 is 11.3 Å². The van der Waals surface area contributed by atoms with Gasteiger partial charge in [-0.25, -0.2) is 13.7 Å². The lowest BCUT2D eigenvalue weighted by Crippen LogP contribution is -2.44. The van der Waals surface area contributed by atoms with Crippen molar-refractivity contribution in [2.75, 3.05) is 50.5 Å². The maximum absolute atomic E-state index is 11.5. The molecule has 1 unspecified atom stereocenters. The number of benzene rings is 2. The first-order valence-corrected chi connectivity index (χ1v) is 12.6. The average Bonchev–Trinajstić information content (AvgIpc) is 3.28. The summed E-state index contributed by atoms with van der Waals surface area (Å²) in [6.45, 7) is 4.55. The fourth-order valence-electron chi connectivity index (χ4n) is 4.32. The molecule has 0 spiro atoms. The third kappa shape index (κ3) is 5.20. The number of nitrogens with one attached hydrogen (secondary N) is 1. The number of hydrogen-bond acceptors (Lipinski definition) is 6. The van der Waals surface area contributed by atoms with Crippen LogP contribution in [0.5, 0.6) is 0 Å². The fraction of sp³-hybridized carbons (Fsp3) is 0.280. The van der Waals surface area contributed by atoms with E-state index >= 15 is 0 Å². The van der Waals surface area contributed by atoms with E-state index in [2.05, 4.69) is 51.4 Å². The third-order valence-electron chi connectivity index (χ3n) is 6.34. The molecule has 1 atom stereocenters. The molecule has 0 radical (unpaired) electrons. The van der Waals surface area contributed by atoms with Crippen molar-refractivity contribution in [3.8, 4) is 11.3 Å². The molecule has 0 amide bonds. The first-order valence-electron chi connectivity index (χ1n) is 11.5. The minimum Gasteiger partial charge on any atom is -0.369 e. The molecule has 2 N–H and O–H groups in total. The van der Waals surface area contributed by atoms with E-state index in [1.165, 1.54) is 9.99 Å². The van der Waals surface area contributed by atoms with Crippen molar-refractivity contribution < 1.29 is 8.76 Å². The molecule has 0 saturated carbocycles. The van der Waals surface area contributed by atoms with E-state index in [9.17, 15) is 8.76 Å². The first-order chi connectivity index (χ1) is 17.0. The quantitative estimate of drug-likeness (QED) is 0.383. The molecule has 1 fully saturated rings. The van der Waals surface area contributed by atoms with E-state index in [0.29, 0.717) is 12.5 Å². The number of nitrogens with zero attached hydrogens (tertiary/aromatic N) is 6. The van der Waals surface area contributed by atoms with Gasteiger partial charge in [-0.15, -0.1) is 5.10 Å². The Morgan fingerprint density at radius 1 is 1.03 bits per heavy atom. The van der Waals surface area contributed by atoms with Gasteiger partial charge in [0.05, 0.1) is 17.4 Å². The second-order valence-corrected chi connectivity index (χ2v) is 9.86. The number of anilines is 3. The van der Waals surface area contributed by atoms with Crippen LogP contribution in [0.4, 0.5) is 17.3 Å². The molecule has 3 heterocycles. The van der Waals surface area contributed by atoms with Gasteiger partial charge >= 0.3 is 0 Å². The van der Waals surface area contributed by atoms with E-state index in [4.69, 9.17) is 5.10 Å². The fourth-order valence-corrected chi connectivity index (χ4v) is 4.56. The molecule has 182 valence electrons. The minimum atomic E-state index is -2.04. The molecule has 0 bridgehead atoms. The van der Waals surface area contributed by atoms with E-state index in [1.807, 2.05) is 40.9 Å². The molecule has 2 aromatic carbocycles. The Morgan fingerprint density at radius 3 is 2.51 bits per heavy atom. The van der Waals surface area contributed by atoms with Crippen molar-refractivity contribution in [2.45, 2.75) is 6.54 Å². The van der Waals surface area contributed by atoms with Crippen molar-refractivity contribution in [3.05, 3.63) is 72.4 Å². The van der Waals surface area contributed by atoms with Crippen molar-refractivity contribution in [1.29, 1.82) is 0 Å². The van der Waals surface area contributed by atoms with Gasteiger partial charge < -0.3 is 15.1 Å². The zero-order valence-corrected chi connectivity index (χ0v) is 20.6. The molecule has 1 aliphatic rings. The molecule has 2 aromatic heterocycles. The van der Waals surface area contributed by atoms with Crippen LogP contribution in [0, 0.1) is 0 Å². The molecule has 1 saturated heterocycles. The van der Waals surface area contributed by atoms with Crippen molar-refractivity contribution in [1.82, 2.24) is 23.8 Å². The van der Waals surface area contributed by atoms with Gasteiger partial charge in [-0.1, -0.05) is 24.3 Å². The van der Waals surface area contributed by atoms with Crippen LogP contribution in [0.25, 0.3) is 16.8 Å². The molecule has 1 aliphatic heterocycles. The Kier molecular flexibility index (Phi) is 6.78. The van der Waals surface area contributed by atoms with Crippen LogP contribution in [-0.2, 0) is 17.8 Å². The monoisotopic (exact) mass is 491 g/mol. The van der Waals surface area contributed by atoms with Crippen LogP contribution >= 0.6 is 0 Å². The van der Waals surface area contributed by atoms with Gasteiger partial charge in [-0.2, -0.15) is 4.31 Å². The molecule has 10 heteroatoms. The van der Waals surface area contributed by atoms with Gasteiger partial charge in [0.25, 0.3) is 0 Å². The Morgan fingerprint density at radius 2 is 1.77 bits per heavy atom. The van der Waals surface area contributed by atoms with Gasteiger partial charge in [0.15, 0.2) is 0 Å². The van der Waals surface area contributed by atoms with Crippen LogP contribution in [0.2, 0.25) is 0 Å². The Labute approximate surface area is 207 Å². The number of rotatable bonds is 7. The van der Waals surface area contributed by atoms with Crippen molar-refractivity contribution in [3.63, 3.8) is 0 Å². The summed E-state index contributed by atoms with van der Waals surface area (Å²) < 4.78 is 24.1. The summed E-state index contributed by atoms with van der Waals surface area (Å²) in [5.41, 5.74) is 5.78. The first kappa shape index (κ1) is 23.4. The van der Waals surface area contributed by atoms with Crippen LogP contribution in [-0.4, -0.2) is 72.8 Å².